The van der Waals surface area contributed by atoms with Gasteiger partial charge < -0.3 is 15.4 Å². The van der Waals surface area contributed by atoms with Crippen molar-refractivity contribution in [3.63, 3.8) is 0 Å². The highest BCUT2D eigenvalue weighted by atomic mass is 32.2. The van der Waals surface area contributed by atoms with Crippen LogP contribution >= 0.6 is 11.8 Å². The van der Waals surface area contributed by atoms with Crippen LogP contribution in [0.15, 0.2) is 17.6 Å². The van der Waals surface area contributed by atoms with E-state index in [-0.39, 0.29) is 5.92 Å². The lowest BCUT2D eigenvalue weighted by Crippen LogP contribution is -2.56. The van der Waals surface area contributed by atoms with Gasteiger partial charge in [0.1, 0.15) is 5.54 Å². The van der Waals surface area contributed by atoms with Crippen molar-refractivity contribution >= 4 is 17.7 Å². The number of imidazole rings is 1. The van der Waals surface area contributed by atoms with Crippen LogP contribution < -0.4 is 5.32 Å². The highest BCUT2D eigenvalue weighted by Gasteiger charge is 2.50. The third kappa shape index (κ3) is 2.63. The van der Waals surface area contributed by atoms with Gasteiger partial charge in [-0.25, -0.2) is 4.98 Å². The van der Waals surface area contributed by atoms with E-state index in [1.807, 2.05) is 6.92 Å². The van der Waals surface area contributed by atoms with Crippen LogP contribution in [0.2, 0.25) is 0 Å². The normalized spacial score (nSPS) is 18.9. The first-order chi connectivity index (χ1) is 8.19. The maximum atomic E-state index is 11.5. The zero-order valence-electron chi connectivity index (χ0n) is 9.77. The maximum Gasteiger partial charge on any atom is 0.325 e. The summed E-state index contributed by atoms with van der Waals surface area (Å²) < 4.78 is 0. The van der Waals surface area contributed by atoms with Crippen LogP contribution in [0.25, 0.3) is 0 Å². The molecule has 1 aliphatic carbocycles. The molecule has 94 valence electrons. The summed E-state index contributed by atoms with van der Waals surface area (Å²) in [6.45, 7) is 2.61. The number of aromatic amines is 1. The number of hydrogen-bond acceptors (Lipinski definition) is 4. The summed E-state index contributed by atoms with van der Waals surface area (Å²) in [5.41, 5.74) is -0.799. The third-order valence-electron chi connectivity index (χ3n) is 3.06. The van der Waals surface area contributed by atoms with Gasteiger partial charge in [-0.05, 0) is 25.3 Å². The number of nitrogens with zero attached hydrogens (tertiary/aromatic N) is 1. The molecule has 17 heavy (non-hydrogen) atoms. The van der Waals surface area contributed by atoms with Crippen LogP contribution in [-0.4, -0.2) is 38.9 Å². The standard InChI is InChI=1S/C11H17N3O2S/c1-2-14-11(9(15)16,8-3-4-8)7-17-10-12-5-6-13-10/h5-6,8,14H,2-4,7H2,1H3,(H,12,13)(H,15,16). The lowest BCUT2D eigenvalue weighted by Gasteiger charge is -2.29. The third-order valence-corrected chi connectivity index (χ3v) is 4.15. The zero-order chi connectivity index (χ0) is 12.3. The molecule has 1 atom stereocenters. The topological polar surface area (TPSA) is 78.0 Å². The molecule has 0 aromatic carbocycles. The number of carboxylic acids is 1. The Morgan fingerprint density at radius 2 is 2.53 bits per heavy atom. The van der Waals surface area contributed by atoms with Crippen LogP contribution in [0.4, 0.5) is 0 Å². The van der Waals surface area contributed by atoms with Crippen LogP contribution in [0, 0.1) is 5.92 Å². The average molecular weight is 255 g/mol. The molecule has 1 saturated carbocycles. The molecule has 1 heterocycles. The summed E-state index contributed by atoms with van der Waals surface area (Å²) in [6.07, 6.45) is 5.42. The minimum absolute atomic E-state index is 0.252. The highest BCUT2D eigenvalue weighted by Crippen LogP contribution is 2.42. The molecule has 1 aromatic rings. The van der Waals surface area contributed by atoms with Gasteiger partial charge in [0.2, 0.25) is 0 Å². The van der Waals surface area contributed by atoms with Crippen molar-refractivity contribution in [1.29, 1.82) is 0 Å². The fourth-order valence-corrected chi connectivity index (χ4v) is 3.14. The van der Waals surface area contributed by atoms with Gasteiger partial charge in [0.25, 0.3) is 0 Å². The fourth-order valence-electron chi connectivity index (χ4n) is 2.03. The quantitative estimate of drug-likeness (QED) is 0.641. The van der Waals surface area contributed by atoms with Crippen molar-refractivity contribution in [3.8, 4) is 0 Å². The van der Waals surface area contributed by atoms with E-state index in [1.54, 1.807) is 12.4 Å². The molecular formula is C11H17N3O2S. The molecule has 0 spiro atoms. The van der Waals surface area contributed by atoms with Crippen molar-refractivity contribution in [2.45, 2.75) is 30.5 Å². The Morgan fingerprint density at radius 3 is 3.00 bits per heavy atom. The second kappa shape index (κ2) is 5.10. The first-order valence-corrected chi connectivity index (χ1v) is 6.78. The Morgan fingerprint density at radius 1 is 1.76 bits per heavy atom. The fraction of sp³-hybridized carbons (Fsp3) is 0.636. The number of rotatable bonds is 7. The highest BCUT2D eigenvalue weighted by molar-refractivity contribution is 7.99. The van der Waals surface area contributed by atoms with E-state index in [9.17, 15) is 9.90 Å². The Balaban J connectivity index is 2.06. The Labute approximate surface area is 104 Å². The number of thioether (sulfide) groups is 1. The smallest absolute Gasteiger partial charge is 0.325 e. The second-order valence-corrected chi connectivity index (χ2v) is 5.23. The van der Waals surface area contributed by atoms with Gasteiger partial charge in [-0.15, -0.1) is 0 Å². The van der Waals surface area contributed by atoms with Crippen molar-refractivity contribution < 1.29 is 9.90 Å². The van der Waals surface area contributed by atoms with Gasteiger partial charge in [0.15, 0.2) is 5.16 Å². The Bertz CT molecular complexity index is 378. The van der Waals surface area contributed by atoms with Crippen molar-refractivity contribution in [2.75, 3.05) is 12.3 Å². The van der Waals surface area contributed by atoms with Crippen molar-refractivity contribution in [2.24, 2.45) is 5.92 Å². The number of aromatic nitrogens is 2. The van der Waals surface area contributed by atoms with E-state index >= 15 is 0 Å². The van der Waals surface area contributed by atoms with Gasteiger partial charge in [0.05, 0.1) is 0 Å². The predicted molar refractivity (Wildman–Crippen MR) is 66.1 cm³/mol. The van der Waals surface area contributed by atoms with Gasteiger partial charge >= 0.3 is 5.97 Å². The molecule has 6 heteroatoms. The molecule has 1 fully saturated rings. The first-order valence-electron chi connectivity index (χ1n) is 5.79. The minimum Gasteiger partial charge on any atom is -0.480 e. The van der Waals surface area contributed by atoms with Crippen molar-refractivity contribution in [3.05, 3.63) is 12.4 Å². The number of aliphatic carboxylic acids is 1. The van der Waals surface area contributed by atoms with E-state index in [0.29, 0.717) is 12.3 Å². The lowest BCUT2D eigenvalue weighted by molar-refractivity contribution is -0.144. The SMILES string of the molecule is CCNC(CSc1ncc[nH]1)(C(=O)O)C1CC1. The number of carboxylic acid groups (broad SMARTS) is 1. The largest absolute Gasteiger partial charge is 0.480 e. The lowest BCUT2D eigenvalue weighted by atomic mass is 9.96. The molecule has 1 aliphatic rings. The average Bonchev–Trinajstić information content (AvgIpc) is 3.02. The molecule has 5 nitrogen and oxygen atoms in total. The summed E-state index contributed by atoms with van der Waals surface area (Å²) in [6, 6.07) is 0. The predicted octanol–water partition coefficient (Wildman–Crippen LogP) is 1.34. The first kappa shape index (κ1) is 12.4. The summed E-state index contributed by atoms with van der Waals surface area (Å²) >= 11 is 1.46. The second-order valence-electron chi connectivity index (χ2n) is 4.26. The molecule has 0 saturated heterocycles. The van der Waals surface area contributed by atoms with Crippen LogP contribution in [0.5, 0.6) is 0 Å². The summed E-state index contributed by atoms with van der Waals surface area (Å²) in [7, 11) is 0. The van der Waals surface area contributed by atoms with Gasteiger partial charge in [-0.3, -0.25) is 4.79 Å². The number of likely N-dealkylation sites (N-methyl/N-ethyl adjacent to an activating group) is 1. The van der Waals surface area contributed by atoms with E-state index < -0.39 is 11.5 Å². The minimum atomic E-state index is -0.799. The van der Waals surface area contributed by atoms with Crippen LogP contribution in [0.1, 0.15) is 19.8 Å². The number of carbonyl (C=O) groups is 1. The van der Waals surface area contributed by atoms with E-state index in [4.69, 9.17) is 0 Å². The Kier molecular flexibility index (Phi) is 3.73. The molecular weight excluding hydrogens is 238 g/mol. The number of hydrogen-bond donors (Lipinski definition) is 3. The number of nitrogens with one attached hydrogen (secondary N) is 2. The maximum absolute atomic E-state index is 11.5. The molecule has 0 aliphatic heterocycles. The van der Waals surface area contributed by atoms with Crippen LogP contribution in [0.3, 0.4) is 0 Å². The molecule has 2 rings (SSSR count). The molecule has 0 bridgehead atoms. The van der Waals surface area contributed by atoms with Crippen molar-refractivity contribution in [1.82, 2.24) is 15.3 Å². The summed E-state index contributed by atoms with van der Waals surface area (Å²) in [5.74, 6) is 0.0114. The summed E-state index contributed by atoms with van der Waals surface area (Å²) in [5, 5.41) is 13.4. The van der Waals surface area contributed by atoms with Gasteiger partial charge in [0, 0.05) is 18.1 Å². The summed E-state index contributed by atoms with van der Waals surface area (Å²) in [4.78, 5) is 18.6. The molecule has 0 radical (unpaired) electrons. The molecule has 3 N–H and O–H groups in total. The van der Waals surface area contributed by atoms with E-state index in [0.717, 1.165) is 18.0 Å². The molecule has 1 aromatic heterocycles. The zero-order valence-corrected chi connectivity index (χ0v) is 10.6. The van der Waals surface area contributed by atoms with E-state index in [1.165, 1.54) is 11.8 Å². The van der Waals surface area contributed by atoms with Crippen LogP contribution in [-0.2, 0) is 4.79 Å². The molecule has 1 unspecified atom stereocenters. The Hall–Kier alpha value is -1.01. The van der Waals surface area contributed by atoms with Gasteiger partial charge in [-0.1, -0.05) is 18.7 Å². The number of H-pyrrole nitrogens is 1. The van der Waals surface area contributed by atoms with Gasteiger partial charge in [-0.2, -0.15) is 0 Å². The monoisotopic (exact) mass is 255 g/mol. The molecule has 0 amide bonds. The van der Waals surface area contributed by atoms with E-state index in [2.05, 4.69) is 15.3 Å².